The molecular formula is C19H15N3O3S. The monoisotopic (exact) mass is 365 g/mol. The summed E-state index contributed by atoms with van der Waals surface area (Å²) in [6, 6.07) is 15.0. The zero-order valence-corrected chi connectivity index (χ0v) is 14.7. The van der Waals surface area contributed by atoms with E-state index in [0.717, 1.165) is 16.3 Å². The van der Waals surface area contributed by atoms with Gasteiger partial charge in [-0.1, -0.05) is 30.3 Å². The SMILES string of the molecule is Cn1c(=O)oc2ccc(NC(=O)Cc3csc(-c4ccccc4)n3)cc21. The van der Waals surface area contributed by atoms with Gasteiger partial charge in [0, 0.05) is 23.7 Å². The van der Waals surface area contributed by atoms with E-state index in [9.17, 15) is 9.59 Å². The molecule has 0 atom stereocenters. The van der Waals surface area contributed by atoms with E-state index in [4.69, 9.17) is 4.42 Å². The van der Waals surface area contributed by atoms with E-state index in [1.54, 1.807) is 25.2 Å². The van der Waals surface area contributed by atoms with Gasteiger partial charge in [0.15, 0.2) is 5.58 Å². The van der Waals surface area contributed by atoms with Crippen molar-refractivity contribution in [3.05, 3.63) is 70.2 Å². The van der Waals surface area contributed by atoms with Crippen LogP contribution in [0.3, 0.4) is 0 Å². The molecule has 0 spiro atoms. The first kappa shape index (κ1) is 16.3. The molecule has 0 fully saturated rings. The van der Waals surface area contributed by atoms with Gasteiger partial charge in [-0.3, -0.25) is 9.36 Å². The molecule has 1 N–H and O–H groups in total. The summed E-state index contributed by atoms with van der Waals surface area (Å²) in [6.45, 7) is 0. The summed E-state index contributed by atoms with van der Waals surface area (Å²) >= 11 is 1.52. The number of rotatable bonds is 4. The molecule has 1 amide bonds. The molecule has 2 aromatic carbocycles. The van der Waals surface area contributed by atoms with Crippen LogP contribution in [0.15, 0.2) is 63.1 Å². The molecule has 2 aromatic heterocycles. The number of amides is 1. The maximum absolute atomic E-state index is 12.3. The summed E-state index contributed by atoms with van der Waals surface area (Å²) in [4.78, 5) is 28.4. The van der Waals surface area contributed by atoms with Crippen LogP contribution >= 0.6 is 11.3 Å². The van der Waals surface area contributed by atoms with Gasteiger partial charge in [-0.15, -0.1) is 11.3 Å². The van der Waals surface area contributed by atoms with E-state index in [1.165, 1.54) is 15.9 Å². The highest BCUT2D eigenvalue weighted by Crippen LogP contribution is 2.24. The van der Waals surface area contributed by atoms with Gasteiger partial charge in [-0.05, 0) is 18.2 Å². The third kappa shape index (κ3) is 3.16. The molecule has 0 bridgehead atoms. The molecule has 0 aliphatic heterocycles. The van der Waals surface area contributed by atoms with E-state index in [2.05, 4.69) is 10.3 Å². The van der Waals surface area contributed by atoms with Gasteiger partial charge < -0.3 is 9.73 Å². The number of thiazole rings is 1. The zero-order chi connectivity index (χ0) is 18.1. The molecule has 130 valence electrons. The normalized spacial score (nSPS) is 11.0. The van der Waals surface area contributed by atoms with Crippen molar-refractivity contribution in [2.75, 3.05) is 5.32 Å². The van der Waals surface area contributed by atoms with E-state index in [0.29, 0.717) is 16.8 Å². The van der Waals surface area contributed by atoms with E-state index >= 15 is 0 Å². The summed E-state index contributed by atoms with van der Waals surface area (Å²) in [7, 11) is 1.63. The van der Waals surface area contributed by atoms with Gasteiger partial charge in [0.2, 0.25) is 5.91 Å². The summed E-state index contributed by atoms with van der Waals surface area (Å²) in [5, 5.41) is 5.62. The van der Waals surface area contributed by atoms with Gasteiger partial charge in [-0.25, -0.2) is 9.78 Å². The van der Waals surface area contributed by atoms with Crippen molar-refractivity contribution in [2.45, 2.75) is 6.42 Å². The van der Waals surface area contributed by atoms with Gasteiger partial charge in [0.05, 0.1) is 17.6 Å². The zero-order valence-electron chi connectivity index (χ0n) is 13.9. The Hall–Kier alpha value is -3.19. The second kappa shape index (κ2) is 6.61. The fraction of sp³-hybridized carbons (Fsp3) is 0.105. The number of hydrogen-bond donors (Lipinski definition) is 1. The van der Waals surface area contributed by atoms with Crippen molar-refractivity contribution in [1.82, 2.24) is 9.55 Å². The minimum absolute atomic E-state index is 0.164. The molecular weight excluding hydrogens is 350 g/mol. The average Bonchev–Trinajstić information content (AvgIpc) is 3.21. The Morgan fingerprint density at radius 3 is 2.85 bits per heavy atom. The van der Waals surface area contributed by atoms with Gasteiger partial charge in [0.1, 0.15) is 5.01 Å². The number of hydrogen-bond acceptors (Lipinski definition) is 5. The minimum Gasteiger partial charge on any atom is -0.408 e. The Labute approximate surface area is 152 Å². The van der Waals surface area contributed by atoms with Crippen LogP contribution in [0, 0.1) is 0 Å². The standard InChI is InChI=1S/C19H15N3O3S/c1-22-15-9-13(7-8-16(15)25-19(22)24)20-17(23)10-14-11-26-18(21-14)12-5-3-2-4-6-12/h2-9,11H,10H2,1H3,(H,20,23). The smallest absolute Gasteiger partial charge is 0.408 e. The first-order chi connectivity index (χ1) is 12.6. The van der Waals surface area contributed by atoms with Crippen molar-refractivity contribution in [3.8, 4) is 10.6 Å². The second-order valence-corrected chi connectivity index (χ2v) is 6.70. The Morgan fingerprint density at radius 2 is 2.04 bits per heavy atom. The molecule has 4 aromatic rings. The molecule has 0 saturated carbocycles. The molecule has 4 rings (SSSR count). The molecule has 0 saturated heterocycles. The predicted molar refractivity (Wildman–Crippen MR) is 101 cm³/mol. The Bertz CT molecular complexity index is 1140. The highest BCUT2D eigenvalue weighted by molar-refractivity contribution is 7.13. The van der Waals surface area contributed by atoms with Gasteiger partial charge in [0.25, 0.3) is 0 Å². The van der Waals surface area contributed by atoms with E-state index in [1.807, 2.05) is 35.7 Å². The fourth-order valence-corrected chi connectivity index (χ4v) is 3.50. The van der Waals surface area contributed by atoms with Crippen molar-refractivity contribution < 1.29 is 9.21 Å². The number of aryl methyl sites for hydroxylation is 1. The molecule has 26 heavy (non-hydrogen) atoms. The minimum atomic E-state index is -0.431. The molecule has 0 radical (unpaired) electrons. The molecule has 2 heterocycles. The summed E-state index contributed by atoms with van der Waals surface area (Å²) < 4.78 is 6.49. The van der Waals surface area contributed by atoms with Crippen molar-refractivity contribution in [2.24, 2.45) is 7.05 Å². The number of carbonyl (C=O) groups is 1. The van der Waals surface area contributed by atoms with Gasteiger partial charge in [-0.2, -0.15) is 0 Å². The maximum atomic E-state index is 12.3. The average molecular weight is 365 g/mol. The number of aromatic nitrogens is 2. The maximum Gasteiger partial charge on any atom is 0.419 e. The highest BCUT2D eigenvalue weighted by Gasteiger charge is 2.11. The van der Waals surface area contributed by atoms with Crippen molar-refractivity contribution >= 4 is 34.0 Å². The van der Waals surface area contributed by atoms with Crippen LogP contribution in [0.5, 0.6) is 0 Å². The third-order valence-electron chi connectivity index (χ3n) is 3.99. The third-order valence-corrected chi connectivity index (χ3v) is 4.93. The number of nitrogens with zero attached hydrogens (tertiary/aromatic N) is 2. The molecule has 0 unspecified atom stereocenters. The summed E-state index contributed by atoms with van der Waals surface area (Å²) in [6.07, 6.45) is 0.186. The number of anilines is 1. The molecule has 7 heteroatoms. The van der Waals surface area contributed by atoms with E-state index < -0.39 is 5.76 Å². The topological polar surface area (TPSA) is 77.1 Å². The van der Waals surface area contributed by atoms with Crippen molar-refractivity contribution in [3.63, 3.8) is 0 Å². The highest BCUT2D eigenvalue weighted by atomic mass is 32.1. The molecule has 0 aliphatic rings. The number of carbonyl (C=O) groups excluding carboxylic acids is 1. The molecule has 0 aliphatic carbocycles. The molecule has 6 nitrogen and oxygen atoms in total. The number of oxazole rings is 1. The fourth-order valence-electron chi connectivity index (χ4n) is 2.68. The van der Waals surface area contributed by atoms with Crippen LogP contribution in [-0.2, 0) is 18.3 Å². The number of nitrogens with one attached hydrogen (secondary N) is 1. The second-order valence-electron chi connectivity index (χ2n) is 5.84. The summed E-state index contributed by atoms with van der Waals surface area (Å²) in [5.74, 6) is -0.595. The predicted octanol–water partition coefficient (Wildman–Crippen LogP) is 3.44. The Kier molecular flexibility index (Phi) is 4.14. The van der Waals surface area contributed by atoms with E-state index in [-0.39, 0.29) is 12.3 Å². The largest absolute Gasteiger partial charge is 0.419 e. The Balaban J connectivity index is 1.48. The lowest BCUT2D eigenvalue weighted by molar-refractivity contribution is -0.115. The van der Waals surface area contributed by atoms with Crippen LogP contribution < -0.4 is 11.1 Å². The first-order valence-electron chi connectivity index (χ1n) is 7.99. The van der Waals surface area contributed by atoms with Gasteiger partial charge >= 0.3 is 5.76 Å². The van der Waals surface area contributed by atoms with Crippen LogP contribution in [0.1, 0.15) is 5.69 Å². The quantitative estimate of drug-likeness (QED) is 0.601. The van der Waals surface area contributed by atoms with Crippen LogP contribution in [0.25, 0.3) is 21.7 Å². The first-order valence-corrected chi connectivity index (χ1v) is 8.87. The van der Waals surface area contributed by atoms with Crippen LogP contribution in [0.2, 0.25) is 0 Å². The number of benzene rings is 2. The summed E-state index contributed by atoms with van der Waals surface area (Å²) in [5.41, 5.74) is 3.49. The van der Waals surface area contributed by atoms with Crippen LogP contribution in [0.4, 0.5) is 5.69 Å². The van der Waals surface area contributed by atoms with Crippen molar-refractivity contribution in [1.29, 1.82) is 0 Å². The lowest BCUT2D eigenvalue weighted by Gasteiger charge is -2.04. The lowest BCUT2D eigenvalue weighted by atomic mass is 10.2. The Morgan fingerprint density at radius 1 is 1.23 bits per heavy atom. The lowest BCUT2D eigenvalue weighted by Crippen LogP contribution is -2.14. The van der Waals surface area contributed by atoms with Crippen LogP contribution in [-0.4, -0.2) is 15.5 Å². The number of fused-ring (bicyclic) bond motifs is 1.